The summed E-state index contributed by atoms with van der Waals surface area (Å²) in [5, 5.41) is 12.8. The molecule has 0 amide bonds. The molecule has 1 atom stereocenters. The summed E-state index contributed by atoms with van der Waals surface area (Å²) in [5.41, 5.74) is 1.75. The molecule has 0 spiro atoms. The first-order valence-corrected chi connectivity index (χ1v) is 6.63. The topological polar surface area (TPSA) is 72.8 Å². The number of aryl methyl sites for hydroxylation is 1. The van der Waals surface area contributed by atoms with E-state index in [1.165, 1.54) is 0 Å². The maximum atomic E-state index is 9.60. The van der Waals surface area contributed by atoms with E-state index in [2.05, 4.69) is 10.3 Å². The Morgan fingerprint density at radius 1 is 1.25 bits per heavy atom. The van der Waals surface area contributed by atoms with Crippen molar-refractivity contribution in [2.45, 2.75) is 19.6 Å². The quantitative estimate of drug-likeness (QED) is 0.610. The van der Waals surface area contributed by atoms with Crippen LogP contribution in [0.5, 0.6) is 5.75 Å². The van der Waals surface area contributed by atoms with Crippen LogP contribution in [0.15, 0.2) is 12.1 Å². The normalized spacial score (nSPS) is 12.4. The highest BCUT2D eigenvalue weighted by molar-refractivity contribution is 5.29. The molecule has 114 valence electrons. The SMILES string of the molecule is COCCNCc1nc(C)ccc1OCC(O)COC. The van der Waals surface area contributed by atoms with Gasteiger partial charge in [-0.25, -0.2) is 0 Å². The number of pyridine rings is 1. The molecule has 0 aliphatic rings. The molecule has 0 bridgehead atoms. The molecule has 1 aromatic rings. The molecule has 0 aliphatic heterocycles. The summed E-state index contributed by atoms with van der Waals surface area (Å²) in [5.74, 6) is 0.677. The van der Waals surface area contributed by atoms with Gasteiger partial charge in [0.25, 0.3) is 0 Å². The summed E-state index contributed by atoms with van der Waals surface area (Å²) < 4.78 is 15.4. The maximum absolute atomic E-state index is 9.60. The van der Waals surface area contributed by atoms with Crippen molar-refractivity contribution in [1.29, 1.82) is 0 Å². The van der Waals surface area contributed by atoms with E-state index in [1.807, 2.05) is 19.1 Å². The van der Waals surface area contributed by atoms with Gasteiger partial charge in [-0.1, -0.05) is 0 Å². The van der Waals surface area contributed by atoms with Gasteiger partial charge in [0.2, 0.25) is 0 Å². The number of hydrogen-bond acceptors (Lipinski definition) is 6. The first-order chi connectivity index (χ1) is 9.67. The van der Waals surface area contributed by atoms with Gasteiger partial charge < -0.3 is 24.6 Å². The second-order valence-electron chi connectivity index (χ2n) is 4.49. The molecule has 2 N–H and O–H groups in total. The van der Waals surface area contributed by atoms with Gasteiger partial charge in [-0.05, 0) is 19.1 Å². The zero-order valence-corrected chi connectivity index (χ0v) is 12.4. The van der Waals surface area contributed by atoms with E-state index in [0.29, 0.717) is 18.9 Å². The van der Waals surface area contributed by atoms with Gasteiger partial charge in [0.05, 0.1) is 18.9 Å². The zero-order valence-electron chi connectivity index (χ0n) is 12.4. The highest BCUT2D eigenvalue weighted by Crippen LogP contribution is 2.17. The minimum absolute atomic E-state index is 0.184. The molecule has 1 heterocycles. The van der Waals surface area contributed by atoms with Crippen molar-refractivity contribution < 1.29 is 19.3 Å². The van der Waals surface area contributed by atoms with Crippen LogP contribution < -0.4 is 10.1 Å². The largest absolute Gasteiger partial charge is 0.489 e. The third-order valence-corrected chi connectivity index (χ3v) is 2.64. The Labute approximate surface area is 120 Å². The predicted octanol–water partition coefficient (Wildman–Crippen LogP) is 0.512. The van der Waals surface area contributed by atoms with Crippen LogP contribution in [-0.2, 0) is 16.0 Å². The Morgan fingerprint density at radius 3 is 2.75 bits per heavy atom. The lowest BCUT2D eigenvalue weighted by Gasteiger charge is -2.14. The second-order valence-corrected chi connectivity index (χ2v) is 4.49. The van der Waals surface area contributed by atoms with Crippen LogP contribution in [0.1, 0.15) is 11.4 Å². The Morgan fingerprint density at radius 2 is 2.05 bits per heavy atom. The number of nitrogens with zero attached hydrogens (tertiary/aromatic N) is 1. The number of methoxy groups -OCH3 is 2. The minimum Gasteiger partial charge on any atom is -0.489 e. The van der Waals surface area contributed by atoms with Crippen LogP contribution in [0.25, 0.3) is 0 Å². The summed E-state index contributed by atoms with van der Waals surface area (Å²) in [7, 11) is 3.21. The molecule has 0 saturated carbocycles. The number of rotatable bonds is 10. The van der Waals surface area contributed by atoms with E-state index in [4.69, 9.17) is 14.2 Å². The first-order valence-electron chi connectivity index (χ1n) is 6.63. The van der Waals surface area contributed by atoms with Crippen LogP contribution in [-0.4, -0.2) is 56.8 Å². The third kappa shape index (κ3) is 6.29. The van der Waals surface area contributed by atoms with Gasteiger partial charge >= 0.3 is 0 Å². The number of aliphatic hydroxyl groups excluding tert-OH is 1. The molecular formula is C14H24N2O4. The van der Waals surface area contributed by atoms with Gasteiger partial charge in [-0.15, -0.1) is 0 Å². The van der Waals surface area contributed by atoms with Crippen molar-refractivity contribution >= 4 is 0 Å². The summed E-state index contributed by atoms with van der Waals surface area (Å²) in [6, 6.07) is 3.76. The van der Waals surface area contributed by atoms with E-state index < -0.39 is 6.10 Å². The molecule has 1 aromatic heterocycles. The molecule has 6 heteroatoms. The fraction of sp³-hybridized carbons (Fsp3) is 0.643. The predicted molar refractivity (Wildman–Crippen MR) is 75.9 cm³/mol. The number of ether oxygens (including phenoxy) is 3. The van der Waals surface area contributed by atoms with Crippen molar-refractivity contribution in [1.82, 2.24) is 10.3 Å². The lowest BCUT2D eigenvalue weighted by molar-refractivity contribution is 0.0322. The molecule has 0 aromatic carbocycles. The maximum Gasteiger partial charge on any atom is 0.142 e. The van der Waals surface area contributed by atoms with Crippen molar-refractivity contribution in [2.75, 3.05) is 40.6 Å². The Balaban J connectivity index is 2.55. The van der Waals surface area contributed by atoms with Crippen LogP contribution in [0.4, 0.5) is 0 Å². The molecule has 20 heavy (non-hydrogen) atoms. The monoisotopic (exact) mass is 284 g/mol. The molecule has 0 saturated heterocycles. The van der Waals surface area contributed by atoms with Crippen LogP contribution >= 0.6 is 0 Å². The van der Waals surface area contributed by atoms with E-state index in [0.717, 1.165) is 17.9 Å². The van der Waals surface area contributed by atoms with Crippen LogP contribution in [0.3, 0.4) is 0 Å². The molecule has 1 rings (SSSR count). The van der Waals surface area contributed by atoms with E-state index in [9.17, 15) is 5.11 Å². The summed E-state index contributed by atoms with van der Waals surface area (Å²) in [6.45, 7) is 4.36. The van der Waals surface area contributed by atoms with Gasteiger partial charge in [-0.3, -0.25) is 4.98 Å². The average molecular weight is 284 g/mol. The molecule has 0 aliphatic carbocycles. The van der Waals surface area contributed by atoms with Crippen molar-refractivity contribution in [2.24, 2.45) is 0 Å². The Bertz CT molecular complexity index is 387. The molecular weight excluding hydrogens is 260 g/mol. The zero-order chi connectivity index (χ0) is 14.8. The lowest BCUT2D eigenvalue weighted by Crippen LogP contribution is -2.24. The fourth-order valence-corrected chi connectivity index (χ4v) is 1.66. The summed E-state index contributed by atoms with van der Waals surface area (Å²) in [4.78, 5) is 4.45. The fourth-order valence-electron chi connectivity index (χ4n) is 1.66. The number of nitrogens with one attached hydrogen (secondary N) is 1. The van der Waals surface area contributed by atoms with Gasteiger partial charge in [0.15, 0.2) is 0 Å². The first kappa shape index (κ1) is 16.8. The van der Waals surface area contributed by atoms with Gasteiger partial charge in [0, 0.05) is 33.0 Å². The number of aliphatic hydroxyl groups is 1. The third-order valence-electron chi connectivity index (χ3n) is 2.64. The van der Waals surface area contributed by atoms with Crippen molar-refractivity contribution in [3.63, 3.8) is 0 Å². The average Bonchev–Trinajstić information content (AvgIpc) is 2.43. The van der Waals surface area contributed by atoms with E-state index in [-0.39, 0.29) is 13.2 Å². The molecule has 0 radical (unpaired) electrons. The summed E-state index contributed by atoms with van der Waals surface area (Å²) in [6.07, 6.45) is -0.643. The number of aromatic nitrogens is 1. The molecule has 1 unspecified atom stereocenters. The minimum atomic E-state index is -0.643. The van der Waals surface area contributed by atoms with Crippen molar-refractivity contribution in [3.05, 3.63) is 23.5 Å². The van der Waals surface area contributed by atoms with Crippen LogP contribution in [0, 0.1) is 6.92 Å². The van der Waals surface area contributed by atoms with Gasteiger partial charge in [-0.2, -0.15) is 0 Å². The molecule has 0 fully saturated rings. The van der Waals surface area contributed by atoms with E-state index in [1.54, 1.807) is 14.2 Å². The standard InChI is InChI=1S/C14H24N2O4/c1-11-4-5-14(20-10-12(17)9-19-3)13(16-11)8-15-6-7-18-2/h4-5,12,15,17H,6-10H2,1-3H3. The highest BCUT2D eigenvalue weighted by Gasteiger charge is 2.09. The van der Waals surface area contributed by atoms with Crippen molar-refractivity contribution in [3.8, 4) is 5.75 Å². The lowest BCUT2D eigenvalue weighted by atomic mass is 10.2. The molecule has 6 nitrogen and oxygen atoms in total. The van der Waals surface area contributed by atoms with E-state index >= 15 is 0 Å². The Kier molecular flexibility index (Phi) is 8.13. The number of hydrogen-bond donors (Lipinski definition) is 2. The van der Waals surface area contributed by atoms with Gasteiger partial charge in [0.1, 0.15) is 18.5 Å². The second kappa shape index (κ2) is 9.66. The Hall–Kier alpha value is -1.21. The van der Waals surface area contributed by atoms with Crippen LogP contribution in [0.2, 0.25) is 0 Å². The summed E-state index contributed by atoms with van der Waals surface area (Å²) >= 11 is 0. The highest BCUT2D eigenvalue weighted by atomic mass is 16.5. The smallest absolute Gasteiger partial charge is 0.142 e.